The molecule has 2 aromatic carbocycles. The lowest BCUT2D eigenvalue weighted by atomic mass is 9.99. The molecule has 0 atom stereocenters. The van der Waals surface area contributed by atoms with Crippen molar-refractivity contribution < 1.29 is 0 Å². The minimum absolute atomic E-state index is 0.464. The first-order valence-corrected chi connectivity index (χ1v) is 16.0. The van der Waals surface area contributed by atoms with Crippen molar-refractivity contribution in [1.29, 1.82) is 0 Å². The lowest BCUT2D eigenvalue weighted by Gasteiger charge is -2.15. The average Bonchev–Trinajstić information content (AvgIpc) is 3.17. The molecule has 0 aliphatic heterocycles. The summed E-state index contributed by atoms with van der Waals surface area (Å²) in [6.07, 6.45) is 21.5. The van der Waals surface area contributed by atoms with Crippen molar-refractivity contribution in [2.75, 3.05) is 0 Å². The van der Waals surface area contributed by atoms with Crippen molar-refractivity contribution in [2.24, 2.45) is 0 Å². The van der Waals surface area contributed by atoms with Crippen LogP contribution in [0.5, 0.6) is 0 Å². The number of hydrogen-bond donors (Lipinski definition) is 0. The van der Waals surface area contributed by atoms with Gasteiger partial charge in [0.1, 0.15) is 5.69 Å². The third kappa shape index (κ3) is 6.66. The van der Waals surface area contributed by atoms with Crippen LogP contribution in [0.15, 0.2) is 141 Å². The van der Waals surface area contributed by atoms with Crippen LogP contribution in [0.1, 0.15) is 43.0 Å². The lowest BCUT2D eigenvalue weighted by molar-refractivity contribution is 0.957. The van der Waals surface area contributed by atoms with Gasteiger partial charge in [0.15, 0.2) is 34.9 Å². The maximum absolute atomic E-state index is 5.15. The van der Waals surface area contributed by atoms with Gasteiger partial charge >= 0.3 is 0 Å². The molecule has 232 valence electrons. The topological polar surface area (TPSA) is 90.2 Å². The first-order chi connectivity index (χ1) is 23.7. The highest BCUT2D eigenvalue weighted by molar-refractivity contribution is 5.77. The van der Waals surface area contributed by atoms with Crippen LogP contribution in [0.2, 0.25) is 0 Å². The summed E-state index contributed by atoms with van der Waals surface area (Å²) in [6.45, 7) is 7.89. The van der Waals surface area contributed by atoms with E-state index in [1.165, 1.54) is 0 Å². The highest BCUT2D eigenvalue weighted by atomic mass is 15.1. The monoisotopic (exact) mass is 623 g/mol. The number of pyridine rings is 1. The van der Waals surface area contributed by atoms with Crippen LogP contribution in [0, 0.1) is 0 Å². The quantitative estimate of drug-likeness (QED) is 0.151. The number of hydrogen-bond acceptors (Lipinski definition) is 7. The van der Waals surface area contributed by atoms with Gasteiger partial charge in [-0.25, -0.2) is 34.9 Å². The molecule has 0 N–H and O–H groups in total. The van der Waals surface area contributed by atoms with Crippen LogP contribution in [0.3, 0.4) is 0 Å². The van der Waals surface area contributed by atoms with E-state index >= 15 is 0 Å². The van der Waals surface area contributed by atoms with E-state index < -0.39 is 0 Å². The van der Waals surface area contributed by atoms with Crippen molar-refractivity contribution in [2.45, 2.75) is 25.7 Å². The van der Waals surface area contributed by atoms with E-state index in [2.05, 4.69) is 55.7 Å². The minimum Gasteiger partial charge on any atom is -0.245 e. The zero-order chi connectivity index (χ0) is 32.7. The van der Waals surface area contributed by atoms with Gasteiger partial charge in [-0.1, -0.05) is 129 Å². The molecule has 0 saturated carbocycles. The van der Waals surface area contributed by atoms with Gasteiger partial charge in [-0.05, 0) is 49.0 Å². The molecule has 3 aromatic heterocycles. The lowest BCUT2D eigenvalue weighted by Crippen LogP contribution is -2.07. The Hall–Kier alpha value is -6.21. The third-order valence-corrected chi connectivity index (χ3v) is 8.07. The Morgan fingerprint density at radius 2 is 1.08 bits per heavy atom. The maximum Gasteiger partial charge on any atom is 0.182 e. The number of benzene rings is 2. The zero-order valence-corrected chi connectivity index (χ0v) is 26.5. The Morgan fingerprint density at radius 3 is 1.67 bits per heavy atom. The molecule has 0 unspecified atom stereocenters. The molecule has 2 aliphatic carbocycles. The number of aromatic nitrogens is 7. The highest BCUT2D eigenvalue weighted by Gasteiger charge is 2.20. The molecule has 0 radical (unpaired) electrons. The van der Waals surface area contributed by atoms with Crippen LogP contribution in [0.4, 0.5) is 0 Å². The Kier molecular flexibility index (Phi) is 8.91. The molecule has 0 amide bonds. The summed E-state index contributed by atoms with van der Waals surface area (Å²) in [5.41, 5.74) is 6.92. The standard InChI is InChI=1S/C41H33N7/c1-3-17-28(4-2)36-43-37(30-20-11-6-12-21-30)46-40(44-36)33-26-34(29-18-9-5-10-19-29)42-35(27-33)41-47-38(31-22-13-7-14-23-31)45-39(48-41)32-24-15-8-16-25-32/h3-9,11,13-18,20,22-27H,1-2,10,12,19,21H2/b28-17+. The molecule has 0 spiro atoms. The van der Waals surface area contributed by atoms with Gasteiger partial charge in [-0.3, -0.25) is 0 Å². The molecule has 3 heterocycles. The van der Waals surface area contributed by atoms with Gasteiger partial charge in [0.25, 0.3) is 0 Å². The fourth-order valence-electron chi connectivity index (χ4n) is 5.61. The second-order valence-electron chi connectivity index (χ2n) is 11.4. The first kappa shape index (κ1) is 30.4. The van der Waals surface area contributed by atoms with E-state index in [1.54, 1.807) is 12.2 Å². The molecule has 0 saturated heterocycles. The number of nitrogens with zero attached hydrogens (tertiary/aromatic N) is 7. The predicted molar refractivity (Wildman–Crippen MR) is 194 cm³/mol. The van der Waals surface area contributed by atoms with E-state index in [0.717, 1.165) is 64.8 Å². The van der Waals surface area contributed by atoms with Crippen molar-refractivity contribution in [3.63, 3.8) is 0 Å². The summed E-state index contributed by atoms with van der Waals surface area (Å²) in [7, 11) is 0. The molecule has 7 rings (SSSR count). The Labute approximate surface area is 280 Å². The van der Waals surface area contributed by atoms with Gasteiger partial charge in [0, 0.05) is 22.3 Å². The van der Waals surface area contributed by atoms with Crippen LogP contribution in [-0.2, 0) is 0 Å². The van der Waals surface area contributed by atoms with E-state index in [0.29, 0.717) is 40.6 Å². The van der Waals surface area contributed by atoms with Gasteiger partial charge < -0.3 is 0 Å². The fourth-order valence-corrected chi connectivity index (χ4v) is 5.61. The van der Waals surface area contributed by atoms with Crippen molar-refractivity contribution in [1.82, 2.24) is 34.9 Å². The Balaban J connectivity index is 1.46. The summed E-state index contributed by atoms with van der Waals surface area (Å²) in [5, 5.41) is 0. The van der Waals surface area contributed by atoms with Crippen LogP contribution in [0.25, 0.3) is 62.4 Å². The van der Waals surface area contributed by atoms with E-state index in [1.807, 2.05) is 72.8 Å². The third-order valence-electron chi connectivity index (χ3n) is 8.07. The van der Waals surface area contributed by atoms with Crippen LogP contribution >= 0.6 is 0 Å². The molecule has 0 fully saturated rings. The van der Waals surface area contributed by atoms with E-state index in [-0.39, 0.29) is 0 Å². The molecule has 48 heavy (non-hydrogen) atoms. The molecule has 2 aliphatic rings. The Morgan fingerprint density at radius 1 is 0.542 bits per heavy atom. The smallest absolute Gasteiger partial charge is 0.182 e. The molecule has 7 heteroatoms. The summed E-state index contributed by atoms with van der Waals surface area (Å²) >= 11 is 0. The van der Waals surface area contributed by atoms with Gasteiger partial charge in [0.2, 0.25) is 0 Å². The summed E-state index contributed by atoms with van der Waals surface area (Å²) < 4.78 is 0. The molecular weight excluding hydrogens is 591 g/mol. The van der Waals surface area contributed by atoms with Crippen molar-refractivity contribution in [3.05, 3.63) is 158 Å². The summed E-state index contributed by atoms with van der Waals surface area (Å²) in [6, 6.07) is 23.9. The molecule has 5 aromatic rings. The minimum atomic E-state index is 0.464. The normalized spacial score (nSPS) is 14.3. The van der Waals surface area contributed by atoms with E-state index in [9.17, 15) is 0 Å². The van der Waals surface area contributed by atoms with E-state index in [4.69, 9.17) is 34.9 Å². The highest BCUT2D eigenvalue weighted by Crippen LogP contribution is 2.32. The average molecular weight is 624 g/mol. The molecule has 7 nitrogen and oxygen atoms in total. The van der Waals surface area contributed by atoms with Gasteiger partial charge in [-0.2, -0.15) is 0 Å². The first-order valence-electron chi connectivity index (χ1n) is 16.0. The summed E-state index contributed by atoms with van der Waals surface area (Å²) in [5.74, 6) is 3.29. The van der Waals surface area contributed by atoms with Gasteiger partial charge in [0.05, 0.1) is 5.69 Å². The fraction of sp³-hybridized carbons (Fsp3) is 0.0976. The van der Waals surface area contributed by atoms with Crippen LogP contribution in [-0.4, -0.2) is 34.9 Å². The zero-order valence-electron chi connectivity index (χ0n) is 26.5. The SMILES string of the molecule is C=C/C=C(\C=C)c1nc(C2=CC=CCC2)nc(-c2cc(C3=CC=CCC3)nc(-c3nc(-c4ccccc4)nc(-c4ccccc4)n3)c2)n1. The largest absolute Gasteiger partial charge is 0.245 e. The predicted octanol–water partition coefficient (Wildman–Crippen LogP) is 9.34. The van der Waals surface area contributed by atoms with Crippen molar-refractivity contribution >= 4 is 16.7 Å². The number of allylic oxidation sites excluding steroid dienone is 12. The second kappa shape index (κ2) is 14.1. The van der Waals surface area contributed by atoms with Gasteiger partial charge in [-0.15, -0.1) is 0 Å². The maximum atomic E-state index is 5.15. The molecule has 0 bridgehead atoms. The Bertz CT molecular complexity index is 2100. The van der Waals surface area contributed by atoms with Crippen LogP contribution < -0.4 is 0 Å². The molecular formula is C41H33N7. The second-order valence-corrected chi connectivity index (χ2v) is 11.4. The number of rotatable bonds is 9. The van der Waals surface area contributed by atoms with Crippen molar-refractivity contribution in [3.8, 4) is 45.7 Å². The summed E-state index contributed by atoms with van der Waals surface area (Å²) in [4.78, 5) is 34.8.